The molecule has 0 aromatic carbocycles. The van der Waals surface area contributed by atoms with Crippen molar-refractivity contribution in [1.29, 1.82) is 0 Å². The van der Waals surface area contributed by atoms with Crippen LogP contribution in [0.15, 0.2) is 35.2 Å². The van der Waals surface area contributed by atoms with Crippen LogP contribution in [-0.4, -0.2) is 9.55 Å². The van der Waals surface area contributed by atoms with E-state index in [2.05, 4.69) is 11.6 Å². The zero-order valence-corrected chi connectivity index (χ0v) is 9.17. The molecule has 78 valence electrons. The monoisotopic (exact) mass is 220 g/mol. The van der Waals surface area contributed by atoms with Crippen molar-refractivity contribution in [3.05, 3.63) is 40.8 Å². The van der Waals surface area contributed by atoms with E-state index in [4.69, 9.17) is 0 Å². The van der Waals surface area contributed by atoms with Crippen molar-refractivity contribution in [1.82, 2.24) is 9.55 Å². The van der Waals surface area contributed by atoms with Gasteiger partial charge in [-0.3, -0.25) is 9.36 Å². The normalized spacial score (nSPS) is 10.7. The minimum absolute atomic E-state index is 0.0686. The molecule has 0 saturated heterocycles. The summed E-state index contributed by atoms with van der Waals surface area (Å²) in [5.74, 6) is 0. The molecule has 0 aliphatic heterocycles. The van der Waals surface area contributed by atoms with Crippen molar-refractivity contribution in [2.24, 2.45) is 0 Å². The highest BCUT2D eigenvalue weighted by molar-refractivity contribution is 7.17. The van der Waals surface area contributed by atoms with Gasteiger partial charge in [-0.05, 0) is 24.3 Å². The van der Waals surface area contributed by atoms with E-state index >= 15 is 0 Å². The highest BCUT2D eigenvalue weighted by Gasteiger charge is 2.03. The van der Waals surface area contributed by atoms with E-state index in [1.165, 1.54) is 11.3 Å². The highest BCUT2D eigenvalue weighted by atomic mass is 32.1. The van der Waals surface area contributed by atoms with E-state index in [0.717, 1.165) is 23.1 Å². The molecule has 0 bridgehead atoms. The summed E-state index contributed by atoms with van der Waals surface area (Å²) >= 11 is 1.45. The Hall–Kier alpha value is -1.42. The maximum Gasteiger partial charge on any atom is 0.271 e. The minimum Gasteiger partial charge on any atom is -0.298 e. The third kappa shape index (κ3) is 1.99. The molecule has 15 heavy (non-hydrogen) atoms. The summed E-state index contributed by atoms with van der Waals surface area (Å²) in [7, 11) is 0. The summed E-state index contributed by atoms with van der Waals surface area (Å²) in [4.78, 5) is 16.1. The molecule has 0 amide bonds. The first kappa shape index (κ1) is 10.1. The van der Waals surface area contributed by atoms with Gasteiger partial charge in [0.05, 0.1) is 11.8 Å². The Morgan fingerprint density at radius 1 is 1.60 bits per heavy atom. The fourth-order valence-electron chi connectivity index (χ4n) is 1.44. The highest BCUT2D eigenvalue weighted by Crippen LogP contribution is 2.13. The van der Waals surface area contributed by atoms with Gasteiger partial charge < -0.3 is 0 Å². The largest absolute Gasteiger partial charge is 0.298 e. The Morgan fingerprint density at radius 3 is 3.27 bits per heavy atom. The molecule has 2 aromatic heterocycles. The standard InChI is InChI=1S/C11H12N2OS/c1-2-3-4-6-13-8-12-9-5-7-15-10(9)11(13)14/h2,5,7-8H,1,3-4,6H2. The lowest BCUT2D eigenvalue weighted by Crippen LogP contribution is -2.19. The smallest absolute Gasteiger partial charge is 0.271 e. The van der Waals surface area contributed by atoms with E-state index < -0.39 is 0 Å². The molecule has 2 aromatic rings. The molecule has 2 rings (SSSR count). The van der Waals surface area contributed by atoms with Crippen LogP contribution in [0.5, 0.6) is 0 Å². The summed E-state index contributed by atoms with van der Waals surface area (Å²) in [6.45, 7) is 4.37. The first-order valence-corrected chi connectivity index (χ1v) is 5.74. The number of fused-ring (bicyclic) bond motifs is 1. The van der Waals surface area contributed by atoms with Crippen molar-refractivity contribution in [3.8, 4) is 0 Å². The molecule has 0 atom stereocenters. The predicted molar refractivity (Wildman–Crippen MR) is 63.3 cm³/mol. The average Bonchev–Trinajstić information content (AvgIpc) is 2.70. The van der Waals surface area contributed by atoms with Gasteiger partial charge in [0.1, 0.15) is 4.70 Å². The van der Waals surface area contributed by atoms with Gasteiger partial charge >= 0.3 is 0 Å². The van der Waals surface area contributed by atoms with Crippen molar-refractivity contribution >= 4 is 21.6 Å². The molecular formula is C11H12N2OS. The topological polar surface area (TPSA) is 34.9 Å². The number of thiophene rings is 1. The zero-order chi connectivity index (χ0) is 10.7. The zero-order valence-electron chi connectivity index (χ0n) is 8.35. The van der Waals surface area contributed by atoms with Crippen LogP contribution < -0.4 is 5.56 Å². The number of hydrogen-bond acceptors (Lipinski definition) is 3. The van der Waals surface area contributed by atoms with E-state index in [1.807, 2.05) is 17.5 Å². The van der Waals surface area contributed by atoms with Gasteiger partial charge in [0, 0.05) is 6.54 Å². The van der Waals surface area contributed by atoms with Crippen molar-refractivity contribution in [3.63, 3.8) is 0 Å². The molecule has 0 radical (unpaired) electrons. The van der Waals surface area contributed by atoms with Crippen LogP contribution in [0, 0.1) is 0 Å². The van der Waals surface area contributed by atoms with Gasteiger partial charge in [-0.15, -0.1) is 17.9 Å². The fourth-order valence-corrected chi connectivity index (χ4v) is 2.24. The van der Waals surface area contributed by atoms with Gasteiger partial charge in [0.15, 0.2) is 0 Å². The van der Waals surface area contributed by atoms with Crippen LogP contribution in [0.25, 0.3) is 10.2 Å². The van der Waals surface area contributed by atoms with Crippen LogP contribution in [0.1, 0.15) is 12.8 Å². The average molecular weight is 220 g/mol. The van der Waals surface area contributed by atoms with Crippen LogP contribution in [-0.2, 0) is 6.54 Å². The fraction of sp³-hybridized carbons (Fsp3) is 0.273. The quantitative estimate of drug-likeness (QED) is 0.586. The molecule has 0 spiro atoms. The number of rotatable bonds is 4. The van der Waals surface area contributed by atoms with Crippen molar-refractivity contribution in [2.45, 2.75) is 19.4 Å². The maximum atomic E-state index is 11.9. The predicted octanol–water partition coefficient (Wildman–Crippen LogP) is 2.42. The number of aryl methyl sites for hydroxylation is 1. The third-order valence-electron chi connectivity index (χ3n) is 2.24. The number of hydrogen-bond donors (Lipinski definition) is 0. The summed E-state index contributed by atoms with van der Waals surface area (Å²) < 4.78 is 2.42. The second-order valence-electron chi connectivity index (χ2n) is 3.31. The van der Waals surface area contributed by atoms with Gasteiger partial charge in [-0.25, -0.2) is 4.98 Å². The molecule has 0 saturated carbocycles. The summed E-state index contributed by atoms with van der Waals surface area (Å²) in [5, 5.41) is 1.90. The maximum absolute atomic E-state index is 11.9. The van der Waals surface area contributed by atoms with E-state index in [9.17, 15) is 4.79 Å². The third-order valence-corrected chi connectivity index (χ3v) is 3.13. The molecule has 0 aliphatic carbocycles. The van der Waals surface area contributed by atoms with E-state index in [0.29, 0.717) is 6.54 Å². The first-order chi connectivity index (χ1) is 7.33. The van der Waals surface area contributed by atoms with Crippen molar-refractivity contribution in [2.75, 3.05) is 0 Å². The summed E-state index contributed by atoms with van der Waals surface area (Å²) in [5.41, 5.74) is 0.865. The molecule has 0 unspecified atom stereocenters. The van der Waals surface area contributed by atoms with Gasteiger partial charge in [0.25, 0.3) is 5.56 Å². The van der Waals surface area contributed by atoms with Crippen LogP contribution in [0.2, 0.25) is 0 Å². The Labute approximate surface area is 91.7 Å². The number of nitrogens with zero attached hydrogens (tertiary/aromatic N) is 2. The molecular weight excluding hydrogens is 208 g/mol. The molecule has 3 nitrogen and oxygen atoms in total. The Balaban J connectivity index is 2.31. The minimum atomic E-state index is 0.0686. The molecule has 0 aliphatic rings. The SMILES string of the molecule is C=CCCCn1cnc2ccsc2c1=O. The second-order valence-corrected chi connectivity index (χ2v) is 4.23. The summed E-state index contributed by atoms with van der Waals surface area (Å²) in [6, 6.07) is 1.87. The number of allylic oxidation sites excluding steroid dienone is 1. The summed E-state index contributed by atoms with van der Waals surface area (Å²) in [6.07, 6.45) is 5.35. The first-order valence-electron chi connectivity index (χ1n) is 4.86. The van der Waals surface area contributed by atoms with Crippen LogP contribution in [0.4, 0.5) is 0 Å². The Bertz CT molecular complexity index is 527. The molecule has 4 heteroatoms. The molecule has 0 N–H and O–H groups in total. The van der Waals surface area contributed by atoms with Crippen molar-refractivity contribution < 1.29 is 0 Å². The lowest BCUT2D eigenvalue weighted by atomic mass is 10.3. The van der Waals surface area contributed by atoms with E-state index in [1.54, 1.807) is 10.9 Å². The van der Waals surface area contributed by atoms with Gasteiger partial charge in [0.2, 0.25) is 0 Å². The Morgan fingerprint density at radius 2 is 2.47 bits per heavy atom. The number of aromatic nitrogens is 2. The van der Waals surface area contributed by atoms with Crippen LogP contribution >= 0.6 is 11.3 Å². The second kappa shape index (κ2) is 4.40. The number of unbranched alkanes of at least 4 members (excludes halogenated alkanes) is 1. The Kier molecular flexibility index (Phi) is 2.97. The molecule has 0 fully saturated rings. The van der Waals surface area contributed by atoms with E-state index in [-0.39, 0.29) is 5.56 Å². The molecule has 2 heterocycles. The van der Waals surface area contributed by atoms with Gasteiger partial charge in [-0.2, -0.15) is 0 Å². The van der Waals surface area contributed by atoms with Crippen LogP contribution in [0.3, 0.4) is 0 Å². The lowest BCUT2D eigenvalue weighted by Gasteiger charge is -2.02. The van der Waals surface area contributed by atoms with Gasteiger partial charge in [-0.1, -0.05) is 6.08 Å². The lowest BCUT2D eigenvalue weighted by molar-refractivity contribution is 0.624.